The van der Waals surface area contributed by atoms with Gasteiger partial charge in [-0.05, 0) is 67.3 Å². The van der Waals surface area contributed by atoms with Crippen molar-refractivity contribution in [2.75, 3.05) is 24.3 Å². The first kappa shape index (κ1) is 15.6. The van der Waals surface area contributed by atoms with Gasteiger partial charge >= 0.3 is 0 Å². The van der Waals surface area contributed by atoms with Gasteiger partial charge in [-0.15, -0.1) is 11.8 Å². The number of unbranched alkanes of at least 4 members (excludes halogenated alkanes) is 2. The van der Waals surface area contributed by atoms with E-state index in [1.807, 2.05) is 29.6 Å². The van der Waals surface area contributed by atoms with Gasteiger partial charge in [0.05, 0.1) is 0 Å². The zero-order valence-corrected chi connectivity index (χ0v) is 13.8. The van der Waals surface area contributed by atoms with Crippen molar-refractivity contribution in [1.82, 2.24) is 5.32 Å². The first-order valence-electron chi connectivity index (χ1n) is 6.96. The van der Waals surface area contributed by atoms with E-state index in [0.717, 1.165) is 11.6 Å². The highest BCUT2D eigenvalue weighted by Gasteiger charge is 2.20. The summed E-state index contributed by atoms with van der Waals surface area (Å²) >= 11 is 10.0. The van der Waals surface area contributed by atoms with E-state index in [-0.39, 0.29) is 0 Å². The molecule has 0 radical (unpaired) electrons. The van der Waals surface area contributed by atoms with E-state index in [0.29, 0.717) is 6.04 Å². The van der Waals surface area contributed by atoms with E-state index in [9.17, 15) is 0 Å². The second kappa shape index (κ2) is 8.46. The first-order valence-corrected chi connectivity index (χ1v) is 9.71. The van der Waals surface area contributed by atoms with Crippen molar-refractivity contribution in [3.05, 3.63) is 28.8 Å². The number of hydrogen-bond acceptors (Lipinski definition) is 3. The Hall–Kier alpha value is 0.170. The molecule has 1 N–H and O–H groups in total. The van der Waals surface area contributed by atoms with Crippen LogP contribution in [-0.4, -0.2) is 24.3 Å². The van der Waals surface area contributed by atoms with E-state index in [1.165, 1.54) is 47.6 Å². The molecular formula is C15H22ClNS2. The molecule has 1 aromatic carbocycles. The number of hydrogen-bond donors (Lipinski definition) is 1. The Morgan fingerprint density at radius 3 is 3.11 bits per heavy atom. The minimum Gasteiger partial charge on any atom is -0.310 e. The number of rotatable bonds is 7. The van der Waals surface area contributed by atoms with Crippen molar-refractivity contribution >= 4 is 35.1 Å². The molecule has 1 aliphatic rings. The van der Waals surface area contributed by atoms with Gasteiger partial charge in [-0.1, -0.05) is 18.0 Å². The summed E-state index contributed by atoms with van der Waals surface area (Å²) in [6.45, 7) is 1.12. The molecule has 0 aliphatic carbocycles. The fraction of sp³-hybridized carbons (Fsp3) is 0.600. The lowest BCUT2D eigenvalue weighted by atomic mass is 10.0. The maximum atomic E-state index is 6.12. The predicted molar refractivity (Wildman–Crippen MR) is 89.8 cm³/mol. The van der Waals surface area contributed by atoms with Gasteiger partial charge in [0.15, 0.2) is 0 Å². The third kappa shape index (κ3) is 4.89. The summed E-state index contributed by atoms with van der Waals surface area (Å²) in [5.74, 6) is 2.50. The Kier molecular flexibility index (Phi) is 6.92. The number of benzene rings is 1. The molecule has 1 heterocycles. The molecule has 0 fully saturated rings. The van der Waals surface area contributed by atoms with Gasteiger partial charge in [-0.2, -0.15) is 11.8 Å². The molecule has 1 nitrogen and oxygen atoms in total. The smallest absolute Gasteiger partial charge is 0.0410 e. The van der Waals surface area contributed by atoms with Crippen molar-refractivity contribution in [2.24, 2.45) is 0 Å². The molecule has 1 aliphatic heterocycles. The maximum Gasteiger partial charge on any atom is 0.0410 e. The lowest BCUT2D eigenvalue weighted by Gasteiger charge is -2.26. The highest BCUT2D eigenvalue weighted by Crippen LogP contribution is 2.37. The molecule has 19 heavy (non-hydrogen) atoms. The normalized spacial score (nSPS) is 18.3. The summed E-state index contributed by atoms with van der Waals surface area (Å²) in [6, 6.07) is 6.79. The fourth-order valence-corrected chi connectivity index (χ4v) is 4.18. The summed E-state index contributed by atoms with van der Waals surface area (Å²) in [5.41, 5.74) is 1.40. The Balaban J connectivity index is 1.80. The minimum absolute atomic E-state index is 0.496. The van der Waals surface area contributed by atoms with E-state index < -0.39 is 0 Å². The average molecular weight is 316 g/mol. The highest BCUT2D eigenvalue weighted by molar-refractivity contribution is 7.99. The molecule has 1 unspecified atom stereocenters. The maximum absolute atomic E-state index is 6.12. The number of halogens is 1. The lowest BCUT2D eigenvalue weighted by molar-refractivity contribution is 0.495. The third-order valence-corrected chi connectivity index (χ3v) is 5.48. The molecule has 2 rings (SSSR count). The van der Waals surface area contributed by atoms with Crippen LogP contribution in [0.5, 0.6) is 0 Å². The van der Waals surface area contributed by atoms with Crippen molar-refractivity contribution in [2.45, 2.75) is 36.6 Å². The molecule has 0 spiro atoms. The topological polar surface area (TPSA) is 12.0 Å². The van der Waals surface area contributed by atoms with Crippen LogP contribution in [0.1, 0.15) is 37.3 Å². The van der Waals surface area contributed by atoms with Crippen LogP contribution in [0.15, 0.2) is 23.1 Å². The molecule has 4 heteroatoms. The van der Waals surface area contributed by atoms with Crippen LogP contribution in [0.4, 0.5) is 0 Å². The highest BCUT2D eigenvalue weighted by atomic mass is 35.5. The van der Waals surface area contributed by atoms with E-state index in [2.05, 4.69) is 23.7 Å². The standard InChI is InChI=1S/C15H22ClNS2/c1-18-9-4-2-3-8-17-14-7-10-19-15-6-5-12(16)11-13(14)15/h5-6,11,14,17H,2-4,7-10H2,1H3. The van der Waals surface area contributed by atoms with Gasteiger partial charge in [-0.25, -0.2) is 0 Å². The molecule has 1 aromatic rings. The van der Waals surface area contributed by atoms with Gasteiger partial charge in [0.25, 0.3) is 0 Å². The van der Waals surface area contributed by atoms with E-state index >= 15 is 0 Å². The molecule has 0 bridgehead atoms. The Morgan fingerprint density at radius 2 is 2.26 bits per heavy atom. The minimum atomic E-state index is 0.496. The Morgan fingerprint density at radius 1 is 1.37 bits per heavy atom. The van der Waals surface area contributed by atoms with Crippen molar-refractivity contribution in [1.29, 1.82) is 0 Å². The van der Waals surface area contributed by atoms with Crippen LogP contribution >= 0.6 is 35.1 Å². The van der Waals surface area contributed by atoms with Crippen LogP contribution in [0.3, 0.4) is 0 Å². The number of thioether (sulfide) groups is 2. The third-order valence-electron chi connectivity index (χ3n) is 3.43. The van der Waals surface area contributed by atoms with Gasteiger partial charge in [0, 0.05) is 16.0 Å². The van der Waals surface area contributed by atoms with Crippen LogP contribution in [-0.2, 0) is 0 Å². The van der Waals surface area contributed by atoms with E-state index in [4.69, 9.17) is 11.6 Å². The second-order valence-corrected chi connectivity index (χ2v) is 7.44. The zero-order valence-electron chi connectivity index (χ0n) is 11.5. The number of nitrogens with one attached hydrogen (secondary N) is 1. The first-order chi connectivity index (χ1) is 9.31. The second-order valence-electron chi connectivity index (χ2n) is 4.88. The summed E-state index contributed by atoms with van der Waals surface area (Å²) < 4.78 is 0. The van der Waals surface area contributed by atoms with Crippen LogP contribution < -0.4 is 5.32 Å². The Bertz CT molecular complexity index is 398. The SMILES string of the molecule is CSCCCCCNC1CCSc2ccc(Cl)cc21. The fourth-order valence-electron chi connectivity index (χ4n) is 2.40. The van der Waals surface area contributed by atoms with Gasteiger partial charge < -0.3 is 5.32 Å². The molecular weight excluding hydrogens is 294 g/mol. The molecule has 0 aromatic heterocycles. The van der Waals surface area contributed by atoms with Crippen molar-refractivity contribution in [3.63, 3.8) is 0 Å². The molecule has 106 valence electrons. The average Bonchev–Trinajstić information content (AvgIpc) is 2.43. The van der Waals surface area contributed by atoms with Crippen molar-refractivity contribution < 1.29 is 0 Å². The summed E-state index contributed by atoms with van der Waals surface area (Å²) in [7, 11) is 0. The van der Waals surface area contributed by atoms with Crippen LogP contribution in [0.25, 0.3) is 0 Å². The van der Waals surface area contributed by atoms with Crippen LogP contribution in [0, 0.1) is 0 Å². The largest absolute Gasteiger partial charge is 0.310 e. The summed E-state index contributed by atoms with van der Waals surface area (Å²) in [4.78, 5) is 1.40. The molecule has 0 amide bonds. The Labute approximate surface area is 130 Å². The molecule has 0 saturated heterocycles. The summed E-state index contributed by atoms with van der Waals surface area (Å²) in [6.07, 6.45) is 7.34. The van der Waals surface area contributed by atoms with Gasteiger partial charge in [-0.3, -0.25) is 0 Å². The van der Waals surface area contributed by atoms with Gasteiger partial charge in [0.2, 0.25) is 0 Å². The van der Waals surface area contributed by atoms with Gasteiger partial charge in [0.1, 0.15) is 0 Å². The van der Waals surface area contributed by atoms with E-state index in [1.54, 1.807) is 0 Å². The summed E-state index contributed by atoms with van der Waals surface area (Å²) in [5, 5.41) is 4.56. The monoisotopic (exact) mass is 315 g/mol. The molecule has 0 saturated carbocycles. The zero-order chi connectivity index (χ0) is 13.5. The number of fused-ring (bicyclic) bond motifs is 1. The predicted octanol–water partition coefficient (Wildman–Crippen LogP) is 5.00. The quantitative estimate of drug-likeness (QED) is 0.711. The van der Waals surface area contributed by atoms with Crippen molar-refractivity contribution in [3.8, 4) is 0 Å². The molecule has 1 atom stereocenters. The van der Waals surface area contributed by atoms with Crippen LogP contribution in [0.2, 0.25) is 5.02 Å². The lowest BCUT2D eigenvalue weighted by Crippen LogP contribution is -2.25.